The Morgan fingerprint density at radius 3 is 2.72 bits per heavy atom. The molecular formula is C16H13N5O4. The molecule has 0 aliphatic rings. The van der Waals surface area contributed by atoms with Gasteiger partial charge in [-0.1, -0.05) is 6.07 Å². The summed E-state index contributed by atoms with van der Waals surface area (Å²) < 4.78 is 10.6. The number of rotatable bonds is 6. The highest BCUT2D eigenvalue weighted by Crippen LogP contribution is 2.35. The fourth-order valence-electron chi connectivity index (χ4n) is 2.05. The van der Waals surface area contributed by atoms with Crippen LogP contribution in [0.2, 0.25) is 0 Å². The first-order valence-electron chi connectivity index (χ1n) is 7.15. The molecule has 3 rings (SSSR count). The molecule has 0 aliphatic heterocycles. The maximum Gasteiger partial charge on any atom is 0.373 e. The Bertz CT molecular complexity index is 889. The van der Waals surface area contributed by atoms with E-state index in [1.807, 2.05) is 0 Å². The number of hydrogen-bond acceptors (Lipinski definition) is 8. The number of benzene rings is 1. The second kappa shape index (κ2) is 7.21. The van der Waals surface area contributed by atoms with E-state index in [1.165, 1.54) is 19.6 Å². The van der Waals surface area contributed by atoms with Gasteiger partial charge in [0.15, 0.2) is 0 Å². The van der Waals surface area contributed by atoms with Crippen LogP contribution in [0.15, 0.2) is 55.1 Å². The zero-order valence-electron chi connectivity index (χ0n) is 13.1. The largest absolute Gasteiger partial charge is 0.497 e. The van der Waals surface area contributed by atoms with Crippen LogP contribution in [-0.4, -0.2) is 27.0 Å². The number of nitro groups is 1. The van der Waals surface area contributed by atoms with Crippen LogP contribution < -0.4 is 14.8 Å². The molecule has 2 heterocycles. The van der Waals surface area contributed by atoms with Crippen molar-refractivity contribution in [1.82, 2.24) is 15.0 Å². The van der Waals surface area contributed by atoms with E-state index in [4.69, 9.17) is 9.47 Å². The summed E-state index contributed by atoms with van der Waals surface area (Å²) in [4.78, 5) is 22.6. The number of aromatic nitrogens is 3. The normalized spacial score (nSPS) is 10.1. The Kier molecular flexibility index (Phi) is 4.65. The molecule has 25 heavy (non-hydrogen) atoms. The molecule has 0 radical (unpaired) electrons. The van der Waals surface area contributed by atoms with Gasteiger partial charge in [-0.25, -0.2) is 4.98 Å². The van der Waals surface area contributed by atoms with Crippen LogP contribution in [0.1, 0.15) is 0 Å². The van der Waals surface area contributed by atoms with Crippen molar-refractivity contribution in [1.29, 1.82) is 0 Å². The van der Waals surface area contributed by atoms with Gasteiger partial charge in [0, 0.05) is 18.0 Å². The lowest BCUT2D eigenvalue weighted by Crippen LogP contribution is -2.03. The van der Waals surface area contributed by atoms with Crippen LogP contribution in [0, 0.1) is 10.1 Å². The quantitative estimate of drug-likeness (QED) is 0.537. The molecule has 0 bridgehead atoms. The minimum Gasteiger partial charge on any atom is -0.497 e. The van der Waals surface area contributed by atoms with Crippen molar-refractivity contribution in [2.45, 2.75) is 0 Å². The zero-order valence-corrected chi connectivity index (χ0v) is 13.1. The molecule has 0 fully saturated rings. The average Bonchev–Trinajstić information content (AvgIpc) is 2.62. The van der Waals surface area contributed by atoms with Crippen LogP contribution in [0.4, 0.5) is 17.2 Å². The molecule has 9 heteroatoms. The van der Waals surface area contributed by atoms with Crippen molar-refractivity contribution in [3.63, 3.8) is 0 Å². The lowest BCUT2D eigenvalue weighted by molar-refractivity contribution is -0.385. The van der Waals surface area contributed by atoms with Crippen LogP contribution in [0.3, 0.4) is 0 Å². The van der Waals surface area contributed by atoms with E-state index in [9.17, 15) is 10.1 Å². The highest BCUT2D eigenvalue weighted by atomic mass is 16.6. The van der Waals surface area contributed by atoms with Gasteiger partial charge in [0.1, 0.15) is 17.8 Å². The number of methoxy groups -OCH3 is 1. The number of anilines is 2. The van der Waals surface area contributed by atoms with Gasteiger partial charge >= 0.3 is 11.6 Å². The molecule has 0 spiro atoms. The lowest BCUT2D eigenvalue weighted by atomic mass is 10.3. The van der Waals surface area contributed by atoms with E-state index in [0.717, 1.165) is 0 Å². The van der Waals surface area contributed by atoms with Crippen LogP contribution in [-0.2, 0) is 0 Å². The highest BCUT2D eigenvalue weighted by molar-refractivity contribution is 5.69. The predicted molar refractivity (Wildman–Crippen MR) is 89.3 cm³/mol. The number of nitrogens with zero attached hydrogens (tertiary/aromatic N) is 4. The third-order valence-corrected chi connectivity index (χ3v) is 3.15. The third kappa shape index (κ3) is 3.78. The lowest BCUT2D eigenvalue weighted by Gasteiger charge is -2.10. The van der Waals surface area contributed by atoms with Crippen LogP contribution in [0.5, 0.6) is 17.4 Å². The second-order valence-corrected chi connectivity index (χ2v) is 4.78. The number of hydrogen-bond donors (Lipinski definition) is 1. The Morgan fingerprint density at radius 1 is 1.16 bits per heavy atom. The summed E-state index contributed by atoms with van der Waals surface area (Å²) in [5, 5.41) is 14.4. The van der Waals surface area contributed by atoms with Gasteiger partial charge in [-0.2, -0.15) is 4.98 Å². The van der Waals surface area contributed by atoms with Gasteiger partial charge in [0.05, 0.1) is 18.2 Å². The minimum absolute atomic E-state index is 0.00661. The van der Waals surface area contributed by atoms with E-state index in [0.29, 0.717) is 17.2 Å². The summed E-state index contributed by atoms with van der Waals surface area (Å²) >= 11 is 0. The topological polar surface area (TPSA) is 112 Å². The van der Waals surface area contributed by atoms with Gasteiger partial charge < -0.3 is 14.8 Å². The van der Waals surface area contributed by atoms with Crippen LogP contribution >= 0.6 is 0 Å². The van der Waals surface area contributed by atoms with Gasteiger partial charge in [0.25, 0.3) is 0 Å². The molecule has 0 saturated carbocycles. The van der Waals surface area contributed by atoms with E-state index in [2.05, 4.69) is 20.3 Å². The molecule has 9 nitrogen and oxygen atoms in total. The standard InChI is InChI=1S/C16H13N5O4/c1-24-12-5-2-4-11(8-12)20-15-14(21(22)23)16(19-10-18-15)25-13-6-3-7-17-9-13/h2-10H,1H3,(H,18,19,20). The third-order valence-electron chi connectivity index (χ3n) is 3.15. The van der Waals surface area contributed by atoms with Gasteiger partial charge in [-0.3, -0.25) is 15.1 Å². The summed E-state index contributed by atoms with van der Waals surface area (Å²) in [6.07, 6.45) is 4.18. The molecule has 0 aliphatic carbocycles. The van der Waals surface area contributed by atoms with E-state index in [1.54, 1.807) is 42.6 Å². The summed E-state index contributed by atoms with van der Waals surface area (Å²) in [5.74, 6) is 0.760. The van der Waals surface area contributed by atoms with Gasteiger partial charge in [-0.05, 0) is 24.3 Å². The average molecular weight is 339 g/mol. The molecular weight excluding hydrogens is 326 g/mol. The molecule has 0 amide bonds. The van der Waals surface area contributed by atoms with E-state index < -0.39 is 4.92 Å². The van der Waals surface area contributed by atoms with Crippen molar-refractivity contribution in [3.05, 3.63) is 65.2 Å². The first-order valence-corrected chi connectivity index (χ1v) is 7.15. The van der Waals surface area contributed by atoms with Crippen LogP contribution in [0.25, 0.3) is 0 Å². The Hall–Kier alpha value is -3.75. The molecule has 1 aromatic carbocycles. The Balaban J connectivity index is 1.96. The van der Waals surface area contributed by atoms with Crippen molar-refractivity contribution in [3.8, 4) is 17.4 Å². The van der Waals surface area contributed by atoms with Crippen molar-refractivity contribution in [2.75, 3.05) is 12.4 Å². The summed E-state index contributed by atoms with van der Waals surface area (Å²) in [5.41, 5.74) is 0.197. The summed E-state index contributed by atoms with van der Waals surface area (Å²) in [6, 6.07) is 10.2. The van der Waals surface area contributed by atoms with Crippen molar-refractivity contribution >= 4 is 17.2 Å². The van der Waals surface area contributed by atoms with Gasteiger partial charge in [-0.15, -0.1) is 0 Å². The van der Waals surface area contributed by atoms with Crippen molar-refractivity contribution in [2.24, 2.45) is 0 Å². The molecule has 0 unspecified atom stereocenters. The summed E-state index contributed by atoms with van der Waals surface area (Å²) in [6.45, 7) is 0. The second-order valence-electron chi connectivity index (χ2n) is 4.78. The van der Waals surface area contributed by atoms with E-state index in [-0.39, 0.29) is 17.4 Å². The minimum atomic E-state index is -0.603. The predicted octanol–water partition coefficient (Wildman–Crippen LogP) is 3.32. The summed E-state index contributed by atoms with van der Waals surface area (Å²) in [7, 11) is 1.53. The maximum atomic E-state index is 11.5. The molecule has 0 atom stereocenters. The first kappa shape index (κ1) is 16.1. The monoisotopic (exact) mass is 339 g/mol. The first-order chi connectivity index (χ1) is 12.2. The van der Waals surface area contributed by atoms with E-state index >= 15 is 0 Å². The SMILES string of the molecule is COc1cccc(Nc2ncnc(Oc3cccnc3)c2[N+](=O)[O-])c1. The Morgan fingerprint density at radius 2 is 2.00 bits per heavy atom. The van der Waals surface area contributed by atoms with Gasteiger partial charge in [0.2, 0.25) is 5.82 Å². The smallest absolute Gasteiger partial charge is 0.373 e. The number of pyridine rings is 1. The highest BCUT2D eigenvalue weighted by Gasteiger charge is 2.25. The fraction of sp³-hybridized carbons (Fsp3) is 0.0625. The van der Waals surface area contributed by atoms with Crippen molar-refractivity contribution < 1.29 is 14.4 Å². The molecule has 0 saturated heterocycles. The zero-order chi connectivity index (χ0) is 17.6. The molecule has 3 aromatic rings. The fourth-order valence-corrected chi connectivity index (χ4v) is 2.05. The maximum absolute atomic E-state index is 11.5. The molecule has 1 N–H and O–H groups in total. The Labute approximate surface area is 142 Å². The number of nitrogens with one attached hydrogen (secondary N) is 1. The molecule has 126 valence electrons. The number of ether oxygens (including phenoxy) is 2. The molecule has 2 aromatic heterocycles.